The van der Waals surface area contributed by atoms with Crippen LogP contribution in [0.5, 0.6) is 0 Å². The molecule has 3 aromatic rings. The summed E-state index contributed by atoms with van der Waals surface area (Å²) in [5.41, 5.74) is 4.00. The van der Waals surface area contributed by atoms with Gasteiger partial charge in [0, 0.05) is 23.2 Å². The first-order valence-corrected chi connectivity index (χ1v) is 13.1. The number of thioether (sulfide) groups is 1. The Hall–Kier alpha value is -2.77. The van der Waals surface area contributed by atoms with Crippen LogP contribution in [0.3, 0.4) is 0 Å². The van der Waals surface area contributed by atoms with Crippen molar-refractivity contribution in [2.75, 3.05) is 22.9 Å². The molecule has 0 fully saturated rings. The Kier molecular flexibility index (Phi) is 7.64. The lowest BCUT2D eigenvalue weighted by molar-refractivity contribution is 0.102. The van der Waals surface area contributed by atoms with Crippen LogP contribution < -0.4 is 9.62 Å². The third-order valence-electron chi connectivity index (χ3n) is 5.45. The Balaban J connectivity index is 1.80. The highest BCUT2D eigenvalue weighted by atomic mass is 32.2. The maximum absolute atomic E-state index is 13.0. The van der Waals surface area contributed by atoms with Crippen molar-refractivity contribution in [2.45, 2.75) is 36.5 Å². The van der Waals surface area contributed by atoms with Gasteiger partial charge in [0.05, 0.1) is 10.6 Å². The summed E-state index contributed by atoms with van der Waals surface area (Å²) in [5.74, 6) is -0.217. The Morgan fingerprint density at radius 3 is 1.97 bits per heavy atom. The van der Waals surface area contributed by atoms with Gasteiger partial charge in [0.1, 0.15) is 0 Å². The molecule has 0 unspecified atom stereocenters. The van der Waals surface area contributed by atoms with Crippen molar-refractivity contribution in [3.63, 3.8) is 0 Å². The molecule has 3 rings (SSSR count). The van der Waals surface area contributed by atoms with Gasteiger partial charge in [-0.1, -0.05) is 32.0 Å². The average Bonchev–Trinajstić information content (AvgIpc) is 2.83. The fourth-order valence-corrected chi connectivity index (χ4v) is 5.06. The van der Waals surface area contributed by atoms with E-state index in [1.165, 1.54) is 11.4 Å². The smallest absolute Gasteiger partial charge is 0.264 e. The van der Waals surface area contributed by atoms with Gasteiger partial charge in [-0.3, -0.25) is 9.10 Å². The number of carbonyl (C=O) groups is 1. The minimum Gasteiger partial charge on any atom is -0.321 e. The van der Waals surface area contributed by atoms with Crippen LogP contribution >= 0.6 is 11.8 Å². The van der Waals surface area contributed by atoms with E-state index in [0.29, 0.717) is 11.3 Å². The number of anilines is 2. The molecule has 0 radical (unpaired) electrons. The molecule has 0 atom stereocenters. The minimum absolute atomic E-state index is 0.217. The molecule has 1 amide bonds. The lowest BCUT2D eigenvalue weighted by atomic mass is 10.0. The van der Waals surface area contributed by atoms with E-state index in [0.717, 1.165) is 34.6 Å². The topological polar surface area (TPSA) is 66.5 Å². The number of amides is 1. The highest BCUT2D eigenvalue weighted by Crippen LogP contribution is 2.26. The van der Waals surface area contributed by atoms with E-state index in [9.17, 15) is 13.2 Å². The van der Waals surface area contributed by atoms with Gasteiger partial charge in [0.15, 0.2) is 0 Å². The zero-order valence-corrected chi connectivity index (χ0v) is 20.4. The van der Waals surface area contributed by atoms with Crippen LogP contribution in [0.25, 0.3) is 0 Å². The minimum atomic E-state index is -3.69. The second-order valence-electron chi connectivity index (χ2n) is 7.31. The lowest BCUT2D eigenvalue weighted by Gasteiger charge is -2.20. The summed E-state index contributed by atoms with van der Waals surface area (Å²) in [6.07, 6.45) is 3.59. The quantitative estimate of drug-likeness (QED) is 0.436. The molecule has 3 aromatic carbocycles. The predicted octanol–water partition coefficient (Wildman–Crippen LogP) is 5.61. The van der Waals surface area contributed by atoms with Gasteiger partial charge in [-0.15, -0.1) is 11.8 Å². The van der Waals surface area contributed by atoms with Gasteiger partial charge in [-0.2, -0.15) is 0 Å². The van der Waals surface area contributed by atoms with E-state index in [1.54, 1.807) is 60.3 Å². The van der Waals surface area contributed by atoms with Crippen LogP contribution in [0.15, 0.2) is 76.5 Å². The van der Waals surface area contributed by atoms with Gasteiger partial charge in [0.25, 0.3) is 15.9 Å². The van der Waals surface area contributed by atoms with E-state index >= 15 is 0 Å². The molecule has 0 saturated heterocycles. The summed E-state index contributed by atoms with van der Waals surface area (Å²) in [6.45, 7) is 4.12. The summed E-state index contributed by atoms with van der Waals surface area (Å²) < 4.78 is 27.2. The van der Waals surface area contributed by atoms with Crippen LogP contribution in [0.2, 0.25) is 0 Å². The van der Waals surface area contributed by atoms with Crippen LogP contribution in [-0.4, -0.2) is 27.6 Å². The fourth-order valence-electron chi connectivity index (χ4n) is 3.46. The van der Waals surface area contributed by atoms with Crippen LogP contribution in [0.4, 0.5) is 11.4 Å². The Morgan fingerprint density at radius 1 is 0.906 bits per heavy atom. The van der Waals surface area contributed by atoms with E-state index in [1.807, 2.05) is 24.5 Å². The second-order valence-corrected chi connectivity index (χ2v) is 10.2. The molecule has 0 aromatic heterocycles. The monoisotopic (exact) mass is 468 g/mol. The van der Waals surface area contributed by atoms with Crippen molar-refractivity contribution in [1.29, 1.82) is 0 Å². The number of nitrogens with zero attached hydrogens (tertiary/aromatic N) is 1. The number of aryl methyl sites for hydroxylation is 2. The average molecular weight is 469 g/mol. The molecule has 5 nitrogen and oxygen atoms in total. The van der Waals surface area contributed by atoms with Gasteiger partial charge >= 0.3 is 0 Å². The van der Waals surface area contributed by atoms with Crippen molar-refractivity contribution in [3.8, 4) is 0 Å². The normalized spacial score (nSPS) is 11.2. The van der Waals surface area contributed by atoms with Gasteiger partial charge in [-0.05, 0) is 78.8 Å². The van der Waals surface area contributed by atoms with Crippen molar-refractivity contribution in [3.05, 3.63) is 83.4 Å². The lowest BCUT2D eigenvalue weighted by Crippen LogP contribution is -2.26. The molecule has 0 bridgehead atoms. The maximum Gasteiger partial charge on any atom is 0.264 e. The SMILES string of the molecule is CCc1cccc(CC)c1NC(=O)c1ccc(N(C)S(=O)(=O)c2ccc(SC)cc2)cc1. The van der Waals surface area contributed by atoms with Gasteiger partial charge < -0.3 is 5.32 Å². The molecule has 0 spiro atoms. The van der Waals surface area contributed by atoms with Crippen molar-refractivity contribution < 1.29 is 13.2 Å². The third-order valence-corrected chi connectivity index (χ3v) is 7.99. The van der Waals surface area contributed by atoms with E-state index < -0.39 is 10.0 Å². The van der Waals surface area contributed by atoms with E-state index in [2.05, 4.69) is 19.2 Å². The molecule has 0 aliphatic rings. The fraction of sp³-hybridized carbons (Fsp3) is 0.240. The van der Waals surface area contributed by atoms with Gasteiger partial charge in [0.2, 0.25) is 0 Å². The molecule has 0 aliphatic heterocycles. The number of sulfonamides is 1. The first-order chi connectivity index (χ1) is 15.3. The zero-order valence-electron chi connectivity index (χ0n) is 18.8. The first-order valence-electron chi connectivity index (χ1n) is 10.5. The van der Waals surface area contributed by atoms with Crippen molar-refractivity contribution in [2.24, 2.45) is 0 Å². The molecule has 0 heterocycles. The van der Waals surface area contributed by atoms with Crippen LogP contribution in [-0.2, 0) is 22.9 Å². The third kappa shape index (κ3) is 5.00. The highest BCUT2D eigenvalue weighted by molar-refractivity contribution is 7.98. The molecule has 7 heteroatoms. The van der Waals surface area contributed by atoms with Crippen molar-refractivity contribution in [1.82, 2.24) is 0 Å². The zero-order chi connectivity index (χ0) is 23.3. The highest BCUT2D eigenvalue weighted by Gasteiger charge is 2.21. The number of hydrogen-bond donors (Lipinski definition) is 1. The number of hydrogen-bond acceptors (Lipinski definition) is 4. The Morgan fingerprint density at radius 2 is 1.47 bits per heavy atom. The first kappa shape index (κ1) is 23.9. The van der Waals surface area contributed by atoms with E-state index in [4.69, 9.17) is 0 Å². The molecule has 32 heavy (non-hydrogen) atoms. The van der Waals surface area contributed by atoms with Crippen molar-refractivity contribution >= 4 is 39.1 Å². The predicted molar refractivity (Wildman–Crippen MR) is 133 cm³/mol. The van der Waals surface area contributed by atoms with E-state index in [-0.39, 0.29) is 10.8 Å². The number of carbonyl (C=O) groups excluding carboxylic acids is 1. The maximum atomic E-state index is 13.0. The molecule has 0 saturated carbocycles. The summed E-state index contributed by atoms with van der Waals surface area (Å²) in [6, 6.07) is 19.4. The summed E-state index contributed by atoms with van der Waals surface area (Å²) in [7, 11) is -2.18. The summed E-state index contributed by atoms with van der Waals surface area (Å²) in [4.78, 5) is 14.1. The molecule has 1 N–H and O–H groups in total. The molecular weight excluding hydrogens is 440 g/mol. The van der Waals surface area contributed by atoms with Crippen LogP contribution in [0.1, 0.15) is 35.3 Å². The Labute approximate surface area is 194 Å². The standard InChI is InChI=1S/C25H28N2O3S2/c1-5-18-8-7-9-19(6-2)24(18)26-25(28)20-10-12-21(13-11-20)27(3)32(29,30)23-16-14-22(31-4)15-17-23/h7-17H,5-6H2,1-4H3,(H,26,28). The number of benzene rings is 3. The Bertz CT molecular complexity index is 1170. The van der Waals surface area contributed by atoms with Gasteiger partial charge in [-0.25, -0.2) is 8.42 Å². The number of rotatable bonds is 8. The number of nitrogens with one attached hydrogen (secondary N) is 1. The largest absolute Gasteiger partial charge is 0.321 e. The molecule has 0 aliphatic carbocycles. The molecular formula is C25H28N2O3S2. The number of para-hydroxylation sites is 1. The second kappa shape index (κ2) is 10.2. The summed E-state index contributed by atoms with van der Waals surface area (Å²) >= 11 is 1.56. The summed E-state index contributed by atoms with van der Waals surface area (Å²) in [5, 5.41) is 3.04. The van der Waals surface area contributed by atoms with Crippen LogP contribution in [0, 0.1) is 0 Å². The molecule has 168 valence electrons.